The Bertz CT molecular complexity index is 785. The maximum Gasteiger partial charge on any atom is 0.223 e. The zero-order valence-corrected chi connectivity index (χ0v) is 10.6. The summed E-state index contributed by atoms with van der Waals surface area (Å²) in [6.45, 7) is 0.600. The molecular formula is C14H12N6. The summed E-state index contributed by atoms with van der Waals surface area (Å²) in [5, 5.41) is 13.0. The number of nitrogens with two attached hydrogens (primary N) is 1. The van der Waals surface area contributed by atoms with Crippen molar-refractivity contribution in [2.45, 2.75) is 6.54 Å². The van der Waals surface area contributed by atoms with Gasteiger partial charge in [-0.05, 0) is 5.56 Å². The first-order chi connectivity index (χ1) is 9.78. The molecule has 98 valence electrons. The number of aromatic nitrogens is 3. The van der Waals surface area contributed by atoms with E-state index in [4.69, 9.17) is 11.0 Å². The number of fused-ring (bicyclic) bond motifs is 1. The van der Waals surface area contributed by atoms with Crippen molar-refractivity contribution in [3.8, 4) is 6.07 Å². The van der Waals surface area contributed by atoms with E-state index in [0.29, 0.717) is 29.0 Å². The second-order valence-electron chi connectivity index (χ2n) is 4.31. The molecule has 0 aliphatic rings. The molecule has 1 aromatic carbocycles. The van der Waals surface area contributed by atoms with Crippen LogP contribution in [0.5, 0.6) is 0 Å². The molecule has 2 heterocycles. The Hall–Kier alpha value is -3.07. The van der Waals surface area contributed by atoms with Crippen molar-refractivity contribution in [1.82, 2.24) is 15.0 Å². The van der Waals surface area contributed by atoms with Gasteiger partial charge < -0.3 is 16.0 Å². The highest BCUT2D eigenvalue weighted by Crippen LogP contribution is 2.24. The first-order valence-corrected chi connectivity index (χ1v) is 6.10. The van der Waals surface area contributed by atoms with Crippen LogP contribution in [-0.4, -0.2) is 15.0 Å². The van der Waals surface area contributed by atoms with Crippen molar-refractivity contribution in [3.63, 3.8) is 0 Å². The second-order valence-corrected chi connectivity index (χ2v) is 4.31. The molecule has 0 fully saturated rings. The molecule has 0 saturated heterocycles. The van der Waals surface area contributed by atoms with E-state index in [2.05, 4.69) is 26.3 Å². The number of anilines is 2. The summed E-state index contributed by atoms with van der Waals surface area (Å²) >= 11 is 0. The van der Waals surface area contributed by atoms with Gasteiger partial charge in [-0.1, -0.05) is 30.3 Å². The van der Waals surface area contributed by atoms with Gasteiger partial charge in [0, 0.05) is 12.7 Å². The van der Waals surface area contributed by atoms with E-state index >= 15 is 0 Å². The molecule has 6 nitrogen and oxygen atoms in total. The molecule has 0 saturated carbocycles. The SMILES string of the molecule is N#Cc1c[nH]c2nc(N)nc(NCc3ccccc3)c12. The van der Waals surface area contributed by atoms with E-state index in [0.717, 1.165) is 5.56 Å². The molecule has 0 bridgehead atoms. The summed E-state index contributed by atoms with van der Waals surface area (Å²) in [6.07, 6.45) is 1.60. The van der Waals surface area contributed by atoms with E-state index < -0.39 is 0 Å². The van der Waals surface area contributed by atoms with E-state index in [1.165, 1.54) is 0 Å². The number of nitrogen functional groups attached to an aromatic ring is 1. The molecular weight excluding hydrogens is 252 g/mol. The van der Waals surface area contributed by atoms with Crippen LogP contribution in [0.15, 0.2) is 36.5 Å². The molecule has 4 N–H and O–H groups in total. The molecule has 0 spiro atoms. The summed E-state index contributed by atoms with van der Waals surface area (Å²) < 4.78 is 0. The van der Waals surface area contributed by atoms with Gasteiger partial charge in [0.1, 0.15) is 17.5 Å². The summed E-state index contributed by atoms with van der Waals surface area (Å²) in [4.78, 5) is 11.2. The van der Waals surface area contributed by atoms with Crippen molar-refractivity contribution < 1.29 is 0 Å². The van der Waals surface area contributed by atoms with Gasteiger partial charge in [0.2, 0.25) is 5.95 Å². The van der Waals surface area contributed by atoms with Crippen molar-refractivity contribution in [1.29, 1.82) is 5.26 Å². The maximum atomic E-state index is 9.12. The van der Waals surface area contributed by atoms with E-state index in [9.17, 15) is 0 Å². The van der Waals surface area contributed by atoms with Crippen LogP contribution in [-0.2, 0) is 6.54 Å². The largest absolute Gasteiger partial charge is 0.368 e. The quantitative estimate of drug-likeness (QED) is 0.671. The normalized spacial score (nSPS) is 10.3. The Balaban J connectivity index is 1.98. The zero-order chi connectivity index (χ0) is 13.9. The Morgan fingerprint density at radius 1 is 1.25 bits per heavy atom. The number of hydrogen-bond donors (Lipinski definition) is 3. The van der Waals surface area contributed by atoms with Gasteiger partial charge in [-0.2, -0.15) is 15.2 Å². The van der Waals surface area contributed by atoms with Crippen LogP contribution in [0.25, 0.3) is 11.0 Å². The minimum Gasteiger partial charge on any atom is -0.368 e. The van der Waals surface area contributed by atoms with E-state index in [1.807, 2.05) is 30.3 Å². The van der Waals surface area contributed by atoms with Gasteiger partial charge in [-0.25, -0.2) is 0 Å². The fourth-order valence-corrected chi connectivity index (χ4v) is 2.05. The van der Waals surface area contributed by atoms with Crippen molar-refractivity contribution >= 4 is 22.8 Å². The standard InChI is InChI=1S/C14H12N6/c15-6-10-8-18-13-11(10)12(19-14(16)20-13)17-7-9-4-2-1-3-5-9/h1-5,8H,7H2,(H4,16,17,18,19,20). The molecule has 0 atom stereocenters. The van der Waals surface area contributed by atoms with Crippen LogP contribution >= 0.6 is 0 Å². The van der Waals surface area contributed by atoms with Crippen LogP contribution in [0.3, 0.4) is 0 Å². The van der Waals surface area contributed by atoms with Crippen LogP contribution in [0, 0.1) is 11.3 Å². The first-order valence-electron chi connectivity index (χ1n) is 6.10. The molecule has 0 unspecified atom stereocenters. The molecule has 0 aliphatic carbocycles. The van der Waals surface area contributed by atoms with Gasteiger partial charge in [-0.3, -0.25) is 0 Å². The van der Waals surface area contributed by atoms with Gasteiger partial charge in [-0.15, -0.1) is 0 Å². The third-order valence-electron chi connectivity index (χ3n) is 2.97. The topological polar surface area (TPSA) is 103 Å². The van der Waals surface area contributed by atoms with Crippen LogP contribution in [0.4, 0.5) is 11.8 Å². The molecule has 6 heteroatoms. The number of benzene rings is 1. The number of aromatic amines is 1. The Morgan fingerprint density at radius 3 is 2.80 bits per heavy atom. The van der Waals surface area contributed by atoms with Crippen molar-refractivity contribution in [2.75, 3.05) is 11.1 Å². The van der Waals surface area contributed by atoms with Gasteiger partial charge >= 0.3 is 0 Å². The average Bonchev–Trinajstić information content (AvgIpc) is 2.88. The number of rotatable bonds is 3. The number of H-pyrrole nitrogens is 1. The molecule has 3 rings (SSSR count). The molecule has 0 aliphatic heterocycles. The summed E-state index contributed by atoms with van der Waals surface area (Å²) in [7, 11) is 0. The first kappa shape index (κ1) is 12.0. The Labute approximate surface area is 115 Å². The van der Waals surface area contributed by atoms with Gasteiger partial charge in [0.25, 0.3) is 0 Å². The number of nitrogens with zero attached hydrogens (tertiary/aromatic N) is 3. The monoisotopic (exact) mass is 264 g/mol. The second kappa shape index (κ2) is 4.90. The molecule has 3 aromatic rings. The molecule has 0 radical (unpaired) electrons. The highest BCUT2D eigenvalue weighted by atomic mass is 15.1. The van der Waals surface area contributed by atoms with Crippen LogP contribution in [0.2, 0.25) is 0 Å². The highest BCUT2D eigenvalue weighted by Gasteiger charge is 2.12. The third-order valence-corrected chi connectivity index (χ3v) is 2.97. The maximum absolute atomic E-state index is 9.12. The lowest BCUT2D eigenvalue weighted by atomic mass is 10.2. The number of nitrogens with one attached hydrogen (secondary N) is 2. The zero-order valence-electron chi connectivity index (χ0n) is 10.6. The van der Waals surface area contributed by atoms with Crippen molar-refractivity contribution in [2.24, 2.45) is 0 Å². The van der Waals surface area contributed by atoms with Crippen molar-refractivity contribution in [3.05, 3.63) is 47.7 Å². The highest BCUT2D eigenvalue weighted by molar-refractivity contribution is 5.93. The minimum absolute atomic E-state index is 0.166. The van der Waals surface area contributed by atoms with E-state index in [-0.39, 0.29) is 5.95 Å². The summed E-state index contributed by atoms with van der Waals surface area (Å²) in [5.41, 5.74) is 7.85. The fraction of sp³-hybridized carbons (Fsp3) is 0.0714. The average molecular weight is 264 g/mol. The van der Waals surface area contributed by atoms with E-state index in [1.54, 1.807) is 6.20 Å². The lowest BCUT2D eigenvalue weighted by Crippen LogP contribution is -2.05. The fourth-order valence-electron chi connectivity index (χ4n) is 2.05. The Morgan fingerprint density at radius 2 is 2.05 bits per heavy atom. The Kier molecular flexibility index (Phi) is 2.94. The van der Waals surface area contributed by atoms with Gasteiger partial charge in [0.05, 0.1) is 10.9 Å². The third kappa shape index (κ3) is 2.12. The molecule has 2 aromatic heterocycles. The smallest absolute Gasteiger partial charge is 0.223 e. The lowest BCUT2D eigenvalue weighted by molar-refractivity contribution is 1.11. The molecule has 20 heavy (non-hydrogen) atoms. The van der Waals surface area contributed by atoms with Gasteiger partial charge in [0.15, 0.2) is 0 Å². The number of hydrogen-bond acceptors (Lipinski definition) is 5. The summed E-state index contributed by atoms with van der Waals surface area (Å²) in [6, 6.07) is 12.0. The minimum atomic E-state index is 0.166. The number of nitriles is 1. The van der Waals surface area contributed by atoms with Crippen LogP contribution < -0.4 is 11.1 Å². The van der Waals surface area contributed by atoms with Crippen LogP contribution in [0.1, 0.15) is 11.1 Å². The predicted molar refractivity (Wildman–Crippen MR) is 76.8 cm³/mol. The summed E-state index contributed by atoms with van der Waals surface area (Å²) in [5.74, 6) is 0.730. The lowest BCUT2D eigenvalue weighted by Gasteiger charge is -2.07. The predicted octanol–water partition coefficient (Wildman–Crippen LogP) is 2.02. The molecule has 0 amide bonds.